The fourth-order valence-electron chi connectivity index (χ4n) is 3.47. The Morgan fingerprint density at radius 1 is 1.00 bits per heavy atom. The number of aryl methyl sites for hydroxylation is 1. The van der Waals surface area contributed by atoms with Crippen LogP contribution in [0.2, 0.25) is 0 Å². The van der Waals surface area contributed by atoms with Gasteiger partial charge in [0.1, 0.15) is 0 Å². The SMILES string of the molecule is Cc1cc(C(=O)NCc2ccc(S(=O)(=O)CC3CC3)cc2)ccc1C(O)(C(F)(F)F)C(F)(F)F. The molecule has 5 nitrogen and oxygen atoms in total. The van der Waals surface area contributed by atoms with Crippen LogP contribution in [0.3, 0.4) is 0 Å². The van der Waals surface area contributed by atoms with E-state index in [1.54, 1.807) is 0 Å². The van der Waals surface area contributed by atoms with E-state index in [4.69, 9.17) is 0 Å². The number of carbonyl (C=O) groups excluding carboxylic acids is 1. The van der Waals surface area contributed by atoms with Gasteiger partial charge in [-0.2, -0.15) is 26.3 Å². The van der Waals surface area contributed by atoms with Crippen molar-refractivity contribution in [3.05, 3.63) is 64.7 Å². The van der Waals surface area contributed by atoms with E-state index in [0.29, 0.717) is 11.6 Å². The van der Waals surface area contributed by atoms with E-state index < -0.39 is 44.8 Å². The maximum Gasteiger partial charge on any atom is 0.430 e. The van der Waals surface area contributed by atoms with Gasteiger partial charge in [-0.05, 0) is 61.1 Å². The monoisotopic (exact) mass is 509 g/mol. The summed E-state index contributed by atoms with van der Waals surface area (Å²) in [6, 6.07) is 7.82. The lowest BCUT2D eigenvalue weighted by molar-refractivity contribution is -0.376. The number of rotatable bonds is 7. The number of hydrogen-bond donors (Lipinski definition) is 2. The van der Waals surface area contributed by atoms with Crippen molar-refractivity contribution < 1.29 is 44.7 Å². The largest absolute Gasteiger partial charge is 0.430 e. The van der Waals surface area contributed by atoms with Crippen LogP contribution in [0.5, 0.6) is 0 Å². The predicted octanol–water partition coefficient (Wildman–Crippen LogP) is 4.42. The third-order valence-electron chi connectivity index (χ3n) is 5.59. The van der Waals surface area contributed by atoms with E-state index in [-0.39, 0.29) is 28.7 Å². The molecule has 2 N–H and O–H groups in total. The molecule has 1 amide bonds. The predicted molar refractivity (Wildman–Crippen MR) is 110 cm³/mol. The van der Waals surface area contributed by atoms with Crippen LogP contribution < -0.4 is 5.32 Å². The molecule has 0 aliphatic heterocycles. The van der Waals surface area contributed by atoms with Crippen molar-refractivity contribution in [3.8, 4) is 0 Å². The summed E-state index contributed by atoms with van der Waals surface area (Å²) >= 11 is 0. The fraction of sp³-hybridized carbons (Fsp3) is 0.409. The molecule has 0 spiro atoms. The first-order valence-electron chi connectivity index (χ1n) is 10.1. The van der Waals surface area contributed by atoms with E-state index >= 15 is 0 Å². The molecule has 12 heteroatoms. The number of hydrogen-bond acceptors (Lipinski definition) is 4. The zero-order valence-electron chi connectivity index (χ0n) is 17.8. The molecule has 0 atom stereocenters. The van der Waals surface area contributed by atoms with Crippen molar-refractivity contribution in [1.82, 2.24) is 5.32 Å². The second-order valence-electron chi connectivity index (χ2n) is 8.29. The molecule has 0 heterocycles. The van der Waals surface area contributed by atoms with Crippen LogP contribution in [0.1, 0.15) is 39.9 Å². The Hall–Kier alpha value is -2.60. The number of halogens is 6. The summed E-state index contributed by atoms with van der Waals surface area (Å²) in [6.07, 6.45) is -10.3. The summed E-state index contributed by atoms with van der Waals surface area (Å²) in [6.45, 7) is 0.868. The van der Waals surface area contributed by atoms with Gasteiger partial charge in [-0.25, -0.2) is 8.42 Å². The highest BCUT2D eigenvalue weighted by atomic mass is 32.2. The van der Waals surface area contributed by atoms with Crippen LogP contribution >= 0.6 is 0 Å². The van der Waals surface area contributed by atoms with Crippen molar-refractivity contribution in [3.63, 3.8) is 0 Å². The number of alkyl halides is 6. The molecule has 0 unspecified atom stereocenters. The maximum absolute atomic E-state index is 13.1. The van der Waals surface area contributed by atoms with Gasteiger partial charge in [-0.1, -0.05) is 18.2 Å². The molecule has 1 fully saturated rings. The Bertz CT molecular complexity index is 1160. The van der Waals surface area contributed by atoms with Crippen molar-refractivity contribution in [2.75, 3.05) is 5.75 Å². The average molecular weight is 509 g/mol. The first-order valence-corrected chi connectivity index (χ1v) is 11.8. The van der Waals surface area contributed by atoms with Crippen LogP contribution in [0.15, 0.2) is 47.4 Å². The van der Waals surface area contributed by atoms with E-state index in [9.17, 15) is 44.7 Å². The van der Waals surface area contributed by atoms with E-state index in [1.807, 2.05) is 0 Å². The Labute approximate surface area is 191 Å². The van der Waals surface area contributed by atoms with Crippen LogP contribution in [-0.4, -0.2) is 37.5 Å². The van der Waals surface area contributed by atoms with Crippen molar-refractivity contribution in [1.29, 1.82) is 0 Å². The maximum atomic E-state index is 13.1. The average Bonchev–Trinajstić information content (AvgIpc) is 3.53. The summed E-state index contributed by atoms with van der Waals surface area (Å²) in [5.41, 5.74) is -6.75. The molecule has 2 aromatic rings. The number of amides is 1. The Balaban J connectivity index is 1.72. The molecule has 0 aromatic heterocycles. The van der Waals surface area contributed by atoms with Crippen molar-refractivity contribution >= 4 is 15.7 Å². The highest BCUT2D eigenvalue weighted by molar-refractivity contribution is 7.91. The summed E-state index contributed by atoms with van der Waals surface area (Å²) in [5, 5.41) is 12.0. The quantitative estimate of drug-likeness (QED) is 0.542. The van der Waals surface area contributed by atoms with Crippen LogP contribution in [0, 0.1) is 12.8 Å². The number of carbonyl (C=O) groups is 1. The lowest BCUT2D eigenvalue weighted by Crippen LogP contribution is -2.54. The second kappa shape index (κ2) is 8.88. The van der Waals surface area contributed by atoms with E-state index in [2.05, 4.69) is 5.32 Å². The molecule has 1 saturated carbocycles. The molecule has 1 aliphatic carbocycles. The fourth-order valence-corrected chi connectivity index (χ4v) is 5.16. The summed E-state index contributed by atoms with van der Waals surface area (Å²) in [5.74, 6) is -0.513. The minimum absolute atomic E-state index is 0.0579. The zero-order valence-corrected chi connectivity index (χ0v) is 18.6. The topological polar surface area (TPSA) is 83.5 Å². The molecular weight excluding hydrogens is 488 g/mol. The lowest BCUT2D eigenvalue weighted by atomic mass is 9.87. The molecule has 0 bridgehead atoms. The number of aliphatic hydroxyl groups is 1. The zero-order chi connectivity index (χ0) is 25.5. The Morgan fingerprint density at radius 3 is 2.03 bits per heavy atom. The van der Waals surface area contributed by atoms with Crippen molar-refractivity contribution in [2.45, 2.75) is 49.2 Å². The molecule has 34 heavy (non-hydrogen) atoms. The number of nitrogens with one attached hydrogen (secondary N) is 1. The normalized spacial score (nSPS) is 15.3. The van der Waals surface area contributed by atoms with E-state index in [0.717, 1.165) is 31.9 Å². The number of sulfone groups is 1. The van der Waals surface area contributed by atoms with Gasteiger partial charge >= 0.3 is 12.4 Å². The highest BCUT2D eigenvalue weighted by Gasteiger charge is 2.71. The van der Waals surface area contributed by atoms with Gasteiger partial charge < -0.3 is 10.4 Å². The summed E-state index contributed by atoms with van der Waals surface area (Å²) in [4.78, 5) is 12.5. The number of benzene rings is 2. The van der Waals surface area contributed by atoms with Gasteiger partial charge in [0.25, 0.3) is 11.5 Å². The Morgan fingerprint density at radius 2 is 1.56 bits per heavy atom. The summed E-state index contributed by atoms with van der Waals surface area (Å²) < 4.78 is 103. The molecule has 0 radical (unpaired) electrons. The van der Waals surface area contributed by atoms with Crippen LogP contribution in [0.4, 0.5) is 26.3 Å². The minimum Gasteiger partial charge on any atom is -0.369 e. The third kappa shape index (κ3) is 5.22. The van der Waals surface area contributed by atoms with Gasteiger partial charge in [0, 0.05) is 17.7 Å². The first-order chi connectivity index (χ1) is 15.6. The van der Waals surface area contributed by atoms with Gasteiger partial charge in [0.2, 0.25) is 0 Å². The second-order valence-corrected chi connectivity index (χ2v) is 10.3. The van der Waals surface area contributed by atoms with Crippen LogP contribution in [-0.2, 0) is 22.0 Å². The van der Waals surface area contributed by atoms with E-state index in [1.165, 1.54) is 24.3 Å². The van der Waals surface area contributed by atoms with Crippen LogP contribution in [0.25, 0.3) is 0 Å². The molecule has 0 saturated heterocycles. The smallest absolute Gasteiger partial charge is 0.369 e. The van der Waals surface area contributed by atoms with Gasteiger partial charge in [0.15, 0.2) is 9.84 Å². The summed E-state index contributed by atoms with van der Waals surface area (Å²) in [7, 11) is -3.40. The third-order valence-corrected chi connectivity index (χ3v) is 7.49. The molecule has 1 aliphatic rings. The standard InChI is InChI=1S/C22H21F6NO4S/c1-13-10-16(6-9-18(13)20(31,21(23,24)25)22(26,27)28)19(30)29-11-14-4-7-17(8-5-14)34(32,33)12-15-2-3-15/h4-10,15,31H,2-3,11-12H2,1H3,(H,29,30). The molecule has 3 rings (SSSR count). The van der Waals surface area contributed by atoms with Gasteiger partial charge in [-0.15, -0.1) is 0 Å². The molecule has 2 aromatic carbocycles. The lowest BCUT2D eigenvalue weighted by Gasteiger charge is -2.33. The highest BCUT2D eigenvalue weighted by Crippen LogP contribution is 2.50. The molecular formula is C22H21F6NO4S. The minimum atomic E-state index is -6.03. The first kappa shape index (κ1) is 26.0. The van der Waals surface area contributed by atoms with Gasteiger partial charge in [0.05, 0.1) is 10.6 Å². The molecule has 186 valence electrons. The Kier molecular flexibility index (Phi) is 6.79. The van der Waals surface area contributed by atoms with Crippen molar-refractivity contribution in [2.24, 2.45) is 5.92 Å². The van der Waals surface area contributed by atoms with Gasteiger partial charge in [-0.3, -0.25) is 4.79 Å².